The van der Waals surface area contributed by atoms with Gasteiger partial charge in [-0.2, -0.15) is 0 Å². The Hall–Kier alpha value is -2.73. The van der Waals surface area contributed by atoms with Crippen LogP contribution < -0.4 is 34.0 Å². The summed E-state index contributed by atoms with van der Waals surface area (Å²) < 4.78 is 14.4. The normalized spacial score (nSPS) is 19.1. The second kappa shape index (κ2) is 15.5. The van der Waals surface area contributed by atoms with E-state index >= 15 is 0 Å². The van der Waals surface area contributed by atoms with Crippen molar-refractivity contribution >= 4 is 11.8 Å². The van der Waals surface area contributed by atoms with Gasteiger partial charge in [0.1, 0.15) is 12.1 Å². The molecule has 2 heterocycles. The van der Waals surface area contributed by atoms with Crippen LogP contribution in [0.4, 0.5) is 0 Å². The first-order valence-corrected chi connectivity index (χ1v) is 16.9. The smallest absolute Gasteiger partial charge is 1.00 e. The molecule has 4 aromatic rings. The molecule has 0 unspecified atom stereocenters. The molecule has 6 rings (SSSR count). The topological polar surface area (TPSA) is 43.2 Å². The minimum Gasteiger partial charge on any atom is -1.00 e. The van der Waals surface area contributed by atoms with Crippen LogP contribution in [0.2, 0.25) is 0 Å². The number of benzene rings is 4. The Morgan fingerprint density at radius 3 is 0.880 bits per heavy atom. The van der Waals surface area contributed by atoms with E-state index in [-0.39, 0.29) is 73.4 Å². The van der Waals surface area contributed by atoms with Gasteiger partial charge in [0.15, 0.2) is 23.0 Å². The van der Waals surface area contributed by atoms with E-state index < -0.39 is 11.2 Å². The fourth-order valence-corrected chi connectivity index (χ4v) is 7.31. The van der Waals surface area contributed by atoms with E-state index in [1.54, 1.807) is 0 Å². The summed E-state index contributed by atoms with van der Waals surface area (Å²) in [5.74, 6) is 1.31. The molecule has 0 N–H and O–H groups in total. The molecule has 7 heteroatoms. The van der Waals surface area contributed by atoms with Crippen molar-refractivity contribution in [1.82, 2.24) is 0 Å². The number of aliphatic imine (C=N–C) groups is 2. The number of aryl methyl sites for hydroxylation is 4. The molecule has 4 nitrogen and oxygen atoms in total. The van der Waals surface area contributed by atoms with Gasteiger partial charge in [-0.15, -0.1) is 0 Å². The van der Waals surface area contributed by atoms with Gasteiger partial charge < -0.3 is 43.4 Å². The van der Waals surface area contributed by atoms with Crippen LogP contribution in [0.3, 0.4) is 0 Å². The molecular weight excluding hydrogens is 795 g/mol. The largest absolute Gasteiger partial charge is 2.00 e. The second-order valence-electron chi connectivity index (χ2n) is 15.9. The summed E-state index contributed by atoms with van der Waals surface area (Å²) >= 11 is 0. The van der Waals surface area contributed by atoms with Gasteiger partial charge in [-0.1, -0.05) is 161 Å². The molecule has 0 saturated carbocycles. The Morgan fingerprint density at radius 1 is 0.460 bits per heavy atom. The standard InChI is InChI=1S/C43H50N2O2.2BrH.Ni/c1-28-11-19-32(20-12-28)42(33-21-13-29(2)14-22-33)38(40(5,6)7)44-36(46-42)27-37-45-39(41(8,9)10)43(47-37,34-23-15-30(3)16-24-34)35-25-17-31(4)18-26-35;;;/h11-26,38-39H,27H2,1-10H3;2*1H;/q;;;+2/p-2/t38-,39-;;;/m1.../s1. The summed E-state index contributed by atoms with van der Waals surface area (Å²) in [5, 5.41) is 0. The fourth-order valence-electron chi connectivity index (χ4n) is 7.31. The maximum atomic E-state index is 7.22. The van der Waals surface area contributed by atoms with Crippen LogP contribution >= 0.6 is 0 Å². The average molecular weight is 845 g/mol. The zero-order valence-electron chi connectivity index (χ0n) is 30.9. The summed E-state index contributed by atoms with van der Waals surface area (Å²) in [5.41, 5.74) is 7.27. The predicted molar refractivity (Wildman–Crippen MR) is 194 cm³/mol. The van der Waals surface area contributed by atoms with Crippen molar-refractivity contribution in [3.63, 3.8) is 0 Å². The molecule has 0 amide bonds. The van der Waals surface area contributed by atoms with Gasteiger partial charge in [0.2, 0.25) is 0 Å². The summed E-state index contributed by atoms with van der Waals surface area (Å²) in [4.78, 5) is 10.8. The number of hydrogen-bond donors (Lipinski definition) is 0. The molecule has 2 atom stereocenters. The van der Waals surface area contributed by atoms with Gasteiger partial charge in [-0.05, 0) is 38.5 Å². The van der Waals surface area contributed by atoms with E-state index in [1.165, 1.54) is 22.3 Å². The van der Waals surface area contributed by atoms with Crippen molar-refractivity contribution in [2.75, 3.05) is 0 Å². The number of nitrogens with zero attached hydrogens (tertiary/aromatic N) is 2. The molecule has 4 aromatic carbocycles. The molecule has 0 spiro atoms. The van der Waals surface area contributed by atoms with Gasteiger partial charge in [0.05, 0.1) is 6.42 Å². The summed E-state index contributed by atoms with van der Waals surface area (Å²) in [6.45, 7) is 22.0. The van der Waals surface area contributed by atoms with E-state index in [0.717, 1.165) is 22.3 Å². The molecular formula is C43H50Br2N2NiO2. The van der Waals surface area contributed by atoms with Crippen molar-refractivity contribution in [3.05, 3.63) is 142 Å². The van der Waals surface area contributed by atoms with Crippen LogP contribution in [0.25, 0.3) is 0 Å². The summed E-state index contributed by atoms with van der Waals surface area (Å²) in [6.07, 6.45) is 0.373. The molecule has 0 aromatic heterocycles. The Balaban J connectivity index is 0.00000225. The molecule has 50 heavy (non-hydrogen) atoms. The third kappa shape index (κ3) is 7.71. The third-order valence-corrected chi connectivity index (χ3v) is 9.74. The number of rotatable bonds is 6. The van der Waals surface area contributed by atoms with Gasteiger partial charge in [-0.3, -0.25) is 0 Å². The quantitative estimate of drug-likeness (QED) is 0.274. The van der Waals surface area contributed by atoms with Crippen LogP contribution in [0.1, 0.15) is 92.5 Å². The molecule has 0 fully saturated rings. The van der Waals surface area contributed by atoms with Crippen molar-refractivity contribution in [2.24, 2.45) is 20.8 Å². The van der Waals surface area contributed by atoms with E-state index in [2.05, 4.69) is 166 Å². The number of halogens is 2. The maximum Gasteiger partial charge on any atom is 2.00 e. The van der Waals surface area contributed by atoms with Gasteiger partial charge >= 0.3 is 16.5 Å². The fraction of sp³-hybridized carbons (Fsp3) is 0.395. The van der Waals surface area contributed by atoms with Gasteiger partial charge in [-0.25, -0.2) is 9.98 Å². The van der Waals surface area contributed by atoms with Gasteiger partial charge in [0.25, 0.3) is 0 Å². The zero-order valence-corrected chi connectivity index (χ0v) is 35.0. The molecule has 268 valence electrons. The summed E-state index contributed by atoms with van der Waals surface area (Å²) in [7, 11) is 0. The summed E-state index contributed by atoms with van der Waals surface area (Å²) in [6, 6.07) is 34.6. The minimum absolute atomic E-state index is 0. The average Bonchev–Trinajstić information content (AvgIpc) is 3.60. The molecule has 0 saturated heterocycles. The third-order valence-electron chi connectivity index (χ3n) is 9.74. The molecule has 2 aliphatic rings. The SMILES string of the molecule is Cc1ccc(C2(c3ccc(C)cc3)OC(CC3=N[C@H](C(C)(C)C)C(c4ccc(C)cc4)(c4ccc(C)cc4)O3)=N[C@@H]2C(C)(C)C)cc1.[Br-].[Br-].[Ni+2]. The van der Waals surface area contributed by atoms with Crippen LogP contribution in [0, 0.1) is 38.5 Å². The van der Waals surface area contributed by atoms with E-state index in [9.17, 15) is 0 Å². The number of ether oxygens (including phenoxy) is 2. The van der Waals surface area contributed by atoms with Gasteiger partial charge in [0, 0.05) is 22.3 Å². The van der Waals surface area contributed by atoms with Crippen molar-refractivity contribution in [3.8, 4) is 0 Å². The Labute approximate surface area is 331 Å². The molecule has 0 bridgehead atoms. The molecule has 2 aliphatic heterocycles. The predicted octanol–water partition coefficient (Wildman–Crippen LogP) is 4.19. The van der Waals surface area contributed by atoms with E-state index in [0.29, 0.717) is 18.2 Å². The van der Waals surface area contributed by atoms with Crippen molar-refractivity contribution < 1.29 is 59.9 Å². The first kappa shape index (κ1) is 41.7. The Kier molecular flexibility index (Phi) is 12.9. The minimum atomic E-state index is -0.789. The van der Waals surface area contributed by atoms with Crippen LogP contribution in [0.5, 0.6) is 0 Å². The van der Waals surface area contributed by atoms with Crippen LogP contribution in [0.15, 0.2) is 107 Å². The first-order valence-electron chi connectivity index (χ1n) is 16.9. The Morgan fingerprint density at radius 2 is 0.680 bits per heavy atom. The monoisotopic (exact) mass is 842 g/mol. The van der Waals surface area contributed by atoms with Crippen LogP contribution in [-0.4, -0.2) is 23.9 Å². The molecule has 0 aliphatic carbocycles. The maximum absolute atomic E-state index is 7.22. The first-order chi connectivity index (χ1) is 22.1. The van der Waals surface area contributed by atoms with E-state index in [4.69, 9.17) is 19.5 Å². The zero-order chi connectivity index (χ0) is 33.8. The van der Waals surface area contributed by atoms with Crippen LogP contribution in [-0.2, 0) is 37.2 Å². The van der Waals surface area contributed by atoms with E-state index in [1.807, 2.05) is 0 Å². The number of hydrogen-bond acceptors (Lipinski definition) is 4. The Bertz CT molecular complexity index is 1580. The second-order valence-corrected chi connectivity index (χ2v) is 15.9. The van der Waals surface area contributed by atoms with Crippen molar-refractivity contribution in [1.29, 1.82) is 0 Å². The molecule has 0 radical (unpaired) electrons. The van der Waals surface area contributed by atoms with Crippen molar-refractivity contribution in [2.45, 2.75) is 98.9 Å².